The van der Waals surface area contributed by atoms with Gasteiger partial charge in [-0.05, 0) is 24.5 Å². The number of alkyl halides is 1. The van der Waals surface area contributed by atoms with Gasteiger partial charge in [-0.25, -0.2) is 0 Å². The molecule has 110 valence electrons. The van der Waals surface area contributed by atoms with Crippen LogP contribution in [0, 0.1) is 5.41 Å². The Labute approximate surface area is 130 Å². The lowest BCUT2D eigenvalue weighted by atomic mass is 9.84. The van der Waals surface area contributed by atoms with Crippen LogP contribution in [0.1, 0.15) is 38.2 Å². The lowest BCUT2D eigenvalue weighted by molar-refractivity contribution is -0.122. The zero-order chi connectivity index (χ0) is 14.6. The van der Waals surface area contributed by atoms with Crippen LogP contribution in [-0.2, 0) is 4.79 Å². The summed E-state index contributed by atoms with van der Waals surface area (Å²) in [5, 5.41) is 3.12. The second kappa shape index (κ2) is 6.86. The molecule has 0 bridgehead atoms. The first-order valence-electron chi connectivity index (χ1n) is 7.21. The van der Waals surface area contributed by atoms with Crippen molar-refractivity contribution in [2.45, 2.75) is 37.5 Å². The molecule has 1 amide bonds. The summed E-state index contributed by atoms with van der Waals surface area (Å²) in [4.78, 5) is 13.7. The Kier molecular flexibility index (Phi) is 5.39. The number of halogens is 1. The number of hydrogen-bond acceptors (Lipinski definition) is 2. The van der Waals surface area contributed by atoms with Crippen molar-refractivity contribution >= 4 is 29.3 Å². The van der Waals surface area contributed by atoms with Gasteiger partial charge in [-0.2, -0.15) is 0 Å². The van der Waals surface area contributed by atoms with Crippen LogP contribution in [0.3, 0.4) is 0 Å². The third kappa shape index (κ3) is 3.15. The molecule has 0 saturated heterocycles. The van der Waals surface area contributed by atoms with Gasteiger partial charge < -0.3 is 5.32 Å². The van der Waals surface area contributed by atoms with Crippen molar-refractivity contribution in [3.8, 4) is 0 Å². The molecular formula is C16H22ClNOS. The zero-order valence-electron chi connectivity index (χ0n) is 12.1. The third-order valence-corrected chi connectivity index (χ3v) is 6.19. The quantitative estimate of drug-likeness (QED) is 0.803. The second-order valence-electron chi connectivity index (χ2n) is 5.46. The molecule has 0 spiro atoms. The Balaban J connectivity index is 2.00. The monoisotopic (exact) mass is 311 g/mol. The lowest BCUT2D eigenvalue weighted by Gasteiger charge is -2.30. The number of amides is 1. The van der Waals surface area contributed by atoms with Crippen molar-refractivity contribution in [3.63, 3.8) is 0 Å². The van der Waals surface area contributed by atoms with Gasteiger partial charge in [0.1, 0.15) is 0 Å². The van der Waals surface area contributed by atoms with Crippen molar-refractivity contribution in [2.24, 2.45) is 5.41 Å². The fourth-order valence-corrected chi connectivity index (χ4v) is 4.22. The Hall–Kier alpha value is -0.670. The van der Waals surface area contributed by atoms with Gasteiger partial charge in [0.15, 0.2) is 0 Å². The van der Waals surface area contributed by atoms with Gasteiger partial charge in [0.2, 0.25) is 5.91 Å². The molecule has 0 aliphatic carbocycles. The number of thioether (sulfide) groups is 1. The molecule has 1 atom stereocenters. The maximum atomic E-state index is 12.4. The summed E-state index contributed by atoms with van der Waals surface area (Å²) in [5.41, 5.74) is 1.20. The standard InChI is InChI=1S/C16H22ClNOS/c1-3-16(4-2,10-17)11-18-15(19)13-9-20-14-8-6-5-7-12(13)14/h5-8,13H,3-4,9-11H2,1-2H3,(H,18,19). The van der Waals surface area contributed by atoms with Crippen LogP contribution in [0.15, 0.2) is 29.2 Å². The van der Waals surface area contributed by atoms with Gasteiger partial charge in [0.05, 0.1) is 5.92 Å². The Morgan fingerprint density at radius 3 is 2.75 bits per heavy atom. The number of fused-ring (bicyclic) bond motifs is 1. The van der Waals surface area contributed by atoms with E-state index < -0.39 is 0 Å². The highest BCUT2D eigenvalue weighted by molar-refractivity contribution is 7.99. The van der Waals surface area contributed by atoms with Crippen LogP contribution < -0.4 is 5.32 Å². The first-order valence-corrected chi connectivity index (χ1v) is 8.73. The summed E-state index contributed by atoms with van der Waals surface area (Å²) < 4.78 is 0. The average molecular weight is 312 g/mol. The van der Waals surface area contributed by atoms with Crippen LogP contribution in [0.2, 0.25) is 0 Å². The molecule has 0 saturated carbocycles. The molecule has 4 heteroatoms. The van der Waals surface area contributed by atoms with E-state index in [0.29, 0.717) is 12.4 Å². The predicted molar refractivity (Wildman–Crippen MR) is 86.7 cm³/mol. The normalized spacial score (nSPS) is 17.9. The molecule has 0 aromatic heterocycles. The van der Waals surface area contributed by atoms with E-state index in [1.54, 1.807) is 11.8 Å². The van der Waals surface area contributed by atoms with Gasteiger partial charge in [0.25, 0.3) is 0 Å². The minimum atomic E-state index is -0.0158. The fraction of sp³-hybridized carbons (Fsp3) is 0.562. The zero-order valence-corrected chi connectivity index (χ0v) is 13.7. The predicted octanol–water partition coefficient (Wildman–Crippen LogP) is 4.04. The van der Waals surface area contributed by atoms with E-state index in [1.807, 2.05) is 12.1 Å². The lowest BCUT2D eigenvalue weighted by Crippen LogP contribution is -2.40. The van der Waals surface area contributed by atoms with Gasteiger partial charge >= 0.3 is 0 Å². The van der Waals surface area contributed by atoms with Crippen LogP contribution in [0.5, 0.6) is 0 Å². The number of carbonyl (C=O) groups excluding carboxylic acids is 1. The number of hydrogen-bond donors (Lipinski definition) is 1. The van der Waals surface area contributed by atoms with E-state index >= 15 is 0 Å². The molecule has 1 unspecified atom stereocenters. The Morgan fingerprint density at radius 2 is 2.10 bits per heavy atom. The molecule has 0 radical (unpaired) electrons. The van der Waals surface area contributed by atoms with Gasteiger partial charge in [0, 0.05) is 28.5 Å². The van der Waals surface area contributed by atoms with Crippen molar-refractivity contribution < 1.29 is 4.79 Å². The highest BCUT2D eigenvalue weighted by Gasteiger charge is 2.31. The molecule has 0 fully saturated rings. The molecule has 1 heterocycles. The maximum Gasteiger partial charge on any atom is 0.228 e. The molecular weight excluding hydrogens is 290 g/mol. The number of benzene rings is 1. The van der Waals surface area contributed by atoms with E-state index in [4.69, 9.17) is 11.6 Å². The SMILES string of the molecule is CCC(CC)(CCl)CNC(=O)C1CSc2ccccc21. The van der Waals surface area contributed by atoms with Gasteiger partial charge in [-0.15, -0.1) is 23.4 Å². The molecule has 1 N–H and O–H groups in total. The van der Waals surface area contributed by atoms with Gasteiger partial charge in [-0.1, -0.05) is 32.0 Å². The summed E-state index contributed by atoms with van der Waals surface area (Å²) in [6.07, 6.45) is 1.98. The second-order valence-corrected chi connectivity index (χ2v) is 6.79. The van der Waals surface area contributed by atoms with Crippen LogP contribution in [0.4, 0.5) is 0 Å². The van der Waals surface area contributed by atoms with Crippen LogP contribution in [0.25, 0.3) is 0 Å². The minimum absolute atomic E-state index is 0.0158. The highest BCUT2D eigenvalue weighted by atomic mass is 35.5. The Bertz CT molecular complexity index is 465. The van der Waals surface area contributed by atoms with E-state index in [2.05, 4.69) is 31.3 Å². The first kappa shape index (κ1) is 15.7. The third-order valence-electron chi connectivity index (χ3n) is 4.44. The topological polar surface area (TPSA) is 29.1 Å². The molecule has 2 rings (SSSR count). The number of carbonyl (C=O) groups is 1. The van der Waals surface area contributed by atoms with E-state index in [9.17, 15) is 4.79 Å². The largest absolute Gasteiger partial charge is 0.355 e. The summed E-state index contributed by atoms with van der Waals surface area (Å²) in [6.45, 7) is 4.95. The fourth-order valence-electron chi connectivity index (χ4n) is 2.51. The summed E-state index contributed by atoms with van der Waals surface area (Å²) in [5.74, 6) is 1.56. The summed E-state index contributed by atoms with van der Waals surface area (Å²) in [6, 6.07) is 8.19. The summed E-state index contributed by atoms with van der Waals surface area (Å²) in [7, 11) is 0. The van der Waals surface area contributed by atoms with E-state index in [-0.39, 0.29) is 17.2 Å². The van der Waals surface area contributed by atoms with Crippen LogP contribution >= 0.6 is 23.4 Å². The minimum Gasteiger partial charge on any atom is -0.355 e. The molecule has 1 aliphatic rings. The van der Waals surface area contributed by atoms with Crippen molar-refractivity contribution in [1.82, 2.24) is 5.32 Å². The first-order chi connectivity index (χ1) is 9.65. The molecule has 1 aromatic rings. The summed E-state index contributed by atoms with van der Waals surface area (Å²) >= 11 is 7.86. The number of rotatable bonds is 6. The highest BCUT2D eigenvalue weighted by Crippen LogP contribution is 2.39. The van der Waals surface area contributed by atoms with Crippen LogP contribution in [-0.4, -0.2) is 24.1 Å². The van der Waals surface area contributed by atoms with Crippen molar-refractivity contribution in [3.05, 3.63) is 29.8 Å². The van der Waals surface area contributed by atoms with E-state index in [1.165, 1.54) is 10.5 Å². The molecule has 1 aliphatic heterocycles. The average Bonchev–Trinajstić information content (AvgIpc) is 2.93. The molecule has 2 nitrogen and oxygen atoms in total. The van der Waals surface area contributed by atoms with Crippen molar-refractivity contribution in [2.75, 3.05) is 18.2 Å². The maximum absolute atomic E-state index is 12.4. The van der Waals surface area contributed by atoms with E-state index in [0.717, 1.165) is 18.6 Å². The molecule has 20 heavy (non-hydrogen) atoms. The van der Waals surface area contributed by atoms with Gasteiger partial charge in [-0.3, -0.25) is 4.79 Å². The smallest absolute Gasteiger partial charge is 0.228 e. The molecule has 1 aromatic carbocycles. The Morgan fingerprint density at radius 1 is 1.40 bits per heavy atom. The van der Waals surface area contributed by atoms with Crippen molar-refractivity contribution in [1.29, 1.82) is 0 Å². The number of nitrogens with one attached hydrogen (secondary N) is 1.